The predicted molar refractivity (Wildman–Crippen MR) is 74.0 cm³/mol. The van der Waals surface area contributed by atoms with Crippen LogP contribution in [0.15, 0.2) is 16.8 Å². The van der Waals surface area contributed by atoms with Crippen molar-refractivity contribution in [3.63, 3.8) is 0 Å². The molecule has 2 aromatic rings. The molecule has 0 aliphatic heterocycles. The van der Waals surface area contributed by atoms with Crippen molar-refractivity contribution in [2.45, 2.75) is 46.7 Å². The maximum Gasteiger partial charge on any atom is 0.138 e. The first-order valence-electron chi connectivity index (χ1n) is 6.82. The number of hydrogen-bond acceptors (Lipinski definition) is 4. The van der Waals surface area contributed by atoms with Crippen LogP contribution < -0.4 is 5.32 Å². The Morgan fingerprint density at radius 2 is 2.16 bits per heavy atom. The minimum absolute atomic E-state index is 0.219. The Hall–Kier alpha value is -1.62. The van der Waals surface area contributed by atoms with E-state index in [-0.39, 0.29) is 6.04 Å². The maximum atomic E-state index is 5.63. The Morgan fingerprint density at radius 3 is 2.74 bits per heavy atom. The van der Waals surface area contributed by atoms with Crippen molar-refractivity contribution in [2.75, 3.05) is 6.54 Å². The maximum absolute atomic E-state index is 5.63. The number of aryl methyl sites for hydroxylation is 3. The molecule has 0 aliphatic carbocycles. The molecule has 0 saturated heterocycles. The zero-order valence-electron chi connectivity index (χ0n) is 12.1. The lowest BCUT2D eigenvalue weighted by atomic mass is 10.0. The fourth-order valence-corrected chi connectivity index (χ4v) is 2.43. The second-order valence-corrected chi connectivity index (χ2v) is 4.67. The quantitative estimate of drug-likeness (QED) is 0.868. The van der Waals surface area contributed by atoms with Gasteiger partial charge in [0.1, 0.15) is 23.7 Å². The van der Waals surface area contributed by atoms with Crippen LogP contribution in [-0.4, -0.2) is 21.3 Å². The first-order chi connectivity index (χ1) is 9.15. The molecule has 0 amide bonds. The van der Waals surface area contributed by atoms with Crippen molar-refractivity contribution < 1.29 is 4.42 Å². The van der Waals surface area contributed by atoms with Gasteiger partial charge >= 0.3 is 0 Å². The van der Waals surface area contributed by atoms with Gasteiger partial charge in [-0.05, 0) is 33.4 Å². The van der Waals surface area contributed by atoms with Crippen LogP contribution in [0.3, 0.4) is 0 Å². The molecule has 0 fully saturated rings. The summed E-state index contributed by atoms with van der Waals surface area (Å²) in [5.74, 6) is 2.94. The highest BCUT2D eigenvalue weighted by molar-refractivity contribution is 5.25. The second kappa shape index (κ2) is 6.02. The van der Waals surface area contributed by atoms with Gasteiger partial charge in [-0.1, -0.05) is 6.92 Å². The molecule has 0 saturated carbocycles. The summed E-state index contributed by atoms with van der Waals surface area (Å²) in [5.41, 5.74) is 1.21. The van der Waals surface area contributed by atoms with Crippen LogP contribution in [0.5, 0.6) is 0 Å². The number of rotatable bonds is 6. The van der Waals surface area contributed by atoms with E-state index in [9.17, 15) is 0 Å². The molecular weight excluding hydrogens is 240 g/mol. The molecule has 104 valence electrons. The number of nitrogens with one attached hydrogen (secondary N) is 1. The van der Waals surface area contributed by atoms with Crippen LogP contribution in [-0.2, 0) is 13.0 Å². The van der Waals surface area contributed by atoms with E-state index < -0.39 is 0 Å². The third-order valence-corrected chi connectivity index (χ3v) is 3.29. The lowest BCUT2D eigenvalue weighted by Crippen LogP contribution is -2.24. The van der Waals surface area contributed by atoms with Crippen LogP contribution >= 0.6 is 0 Å². The Labute approximate surface area is 114 Å². The molecule has 5 heteroatoms. The first-order valence-corrected chi connectivity index (χ1v) is 6.82. The second-order valence-electron chi connectivity index (χ2n) is 4.67. The van der Waals surface area contributed by atoms with Gasteiger partial charge < -0.3 is 9.73 Å². The lowest BCUT2D eigenvalue weighted by Gasteiger charge is -2.17. The highest BCUT2D eigenvalue weighted by atomic mass is 16.3. The molecule has 2 aromatic heterocycles. The lowest BCUT2D eigenvalue weighted by molar-refractivity contribution is 0.475. The molecule has 19 heavy (non-hydrogen) atoms. The van der Waals surface area contributed by atoms with Gasteiger partial charge in [-0.25, -0.2) is 4.98 Å². The van der Waals surface area contributed by atoms with E-state index in [2.05, 4.69) is 35.3 Å². The Kier molecular flexibility index (Phi) is 4.37. The molecule has 1 unspecified atom stereocenters. The zero-order chi connectivity index (χ0) is 13.8. The molecule has 0 spiro atoms. The van der Waals surface area contributed by atoms with E-state index in [0.29, 0.717) is 0 Å². The molecule has 2 rings (SSSR count). The molecule has 0 radical (unpaired) electrons. The predicted octanol–water partition coefficient (Wildman–Crippen LogP) is 2.40. The topological polar surface area (TPSA) is 55.9 Å². The third kappa shape index (κ3) is 3.04. The summed E-state index contributed by atoms with van der Waals surface area (Å²) in [6.07, 6.45) is 2.44. The molecule has 0 bridgehead atoms. The normalized spacial score (nSPS) is 12.8. The van der Waals surface area contributed by atoms with Gasteiger partial charge in [-0.15, -0.1) is 0 Å². The molecule has 5 nitrogen and oxygen atoms in total. The number of hydrogen-bond donors (Lipinski definition) is 1. The monoisotopic (exact) mass is 262 g/mol. The number of aromatic nitrogens is 3. The Morgan fingerprint density at radius 1 is 1.37 bits per heavy atom. The summed E-state index contributed by atoms with van der Waals surface area (Å²) in [6.45, 7) is 9.94. The third-order valence-electron chi connectivity index (χ3n) is 3.29. The molecule has 1 atom stereocenters. The van der Waals surface area contributed by atoms with Crippen LogP contribution in [0, 0.1) is 13.8 Å². The Balaban J connectivity index is 2.23. The van der Waals surface area contributed by atoms with Gasteiger partial charge in [0.05, 0.1) is 0 Å². The molecule has 2 heterocycles. The largest absolute Gasteiger partial charge is 0.466 e. The average Bonchev–Trinajstić information content (AvgIpc) is 2.95. The van der Waals surface area contributed by atoms with Gasteiger partial charge in [0, 0.05) is 24.6 Å². The van der Waals surface area contributed by atoms with Crippen molar-refractivity contribution in [3.8, 4) is 0 Å². The van der Waals surface area contributed by atoms with Crippen molar-refractivity contribution in [1.82, 2.24) is 20.1 Å². The molecule has 1 N–H and O–H groups in total. The highest BCUT2D eigenvalue weighted by Gasteiger charge is 2.19. The van der Waals surface area contributed by atoms with Gasteiger partial charge in [0.25, 0.3) is 0 Å². The number of nitrogens with zero attached hydrogens (tertiary/aromatic N) is 3. The van der Waals surface area contributed by atoms with Crippen LogP contribution in [0.4, 0.5) is 0 Å². The average molecular weight is 262 g/mol. The van der Waals surface area contributed by atoms with Crippen molar-refractivity contribution in [1.29, 1.82) is 0 Å². The summed E-state index contributed by atoms with van der Waals surface area (Å²) >= 11 is 0. The Bertz CT molecular complexity index is 529. The number of likely N-dealkylation sites (N-methyl/N-ethyl adjacent to an activating group) is 1. The summed E-state index contributed by atoms with van der Waals surface area (Å²) in [4.78, 5) is 4.35. The van der Waals surface area contributed by atoms with E-state index in [1.807, 2.05) is 18.5 Å². The minimum atomic E-state index is 0.219. The SMILES string of the molecule is CCNC(Cc1ncnn1CC)c1cc(C)oc1C. The summed E-state index contributed by atoms with van der Waals surface area (Å²) in [6, 6.07) is 2.33. The van der Waals surface area contributed by atoms with Crippen molar-refractivity contribution in [2.24, 2.45) is 0 Å². The van der Waals surface area contributed by atoms with Gasteiger partial charge in [0.2, 0.25) is 0 Å². The smallest absolute Gasteiger partial charge is 0.138 e. The van der Waals surface area contributed by atoms with E-state index >= 15 is 0 Å². The zero-order valence-corrected chi connectivity index (χ0v) is 12.1. The fraction of sp³-hybridized carbons (Fsp3) is 0.571. The van der Waals surface area contributed by atoms with Gasteiger partial charge in [-0.3, -0.25) is 4.68 Å². The highest BCUT2D eigenvalue weighted by Crippen LogP contribution is 2.24. The van der Waals surface area contributed by atoms with E-state index in [0.717, 1.165) is 36.9 Å². The van der Waals surface area contributed by atoms with Crippen LogP contribution in [0.25, 0.3) is 0 Å². The van der Waals surface area contributed by atoms with E-state index in [1.165, 1.54) is 5.56 Å². The molecular formula is C14H22N4O. The fourth-order valence-electron chi connectivity index (χ4n) is 2.43. The van der Waals surface area contributed by atoms with Crippen molar-refractivity contribution >= 4 is 0 Å². The molecule has 0 aromatic carbocycles. The minimum Gasteiger partial charge on any atom is -0.466 e. The van der Waals surface area contributed by atoms with Gasteiger partial charge in [0.15, 0.2) is 0 Å². The summed E-state index contributed by atoms with van der Waals surface area (Å²) in [7, 11) is 0. The van der Waals surface area contributed by atoms with Crippen LogP contribution in [0.1, 0.15) is 42.8 Å². The van der Waals surface area contributed by atoms with E-state index in [4.69, 9.17) is 4.42 Å². The number of furan rings is 1. The van der Waals surface area contributed by atoms with E-state index in [1.54, 1.807) is 6.33 Å². The summed E-state index contributed by atoms with van der Waals surface area (Å²) in [5, 5.41) is 7.73. The molecule has 0 aliphatic rings. The van der Waals surface area contributed by atoms with Crippen molar-refractivity contribution in [3.05, 3.63) is 35.3 Å². The van der Waals surface area contributed by atoms with Crippen LogP contribution in [0.2, 0.25) is 0 Å². The summed E-state index contributed by atoms with van der Waals surface area (Å²) < 4.78 is 7.57. The standard InChI is InChI=1S/C14H22N4O/c1-5-15-13(12-7-10(3)19-11(12)4)8-14-16-9-17-18(14)6-2/h7,9,13,15H,5-6,8H2,1-4H3. The van der Waals surface area contributed by atoms with Gasteiger partial charge in [-0.2, -0.15) is 5.10 Å². The first kappa shape index (κ1) is 13.8.